The molecule has 0 fully saturated rings. The van der Waals surface area contributed by atoms with E-state index in [1.54, 1.807) is 24.2 Å². The fourth-order valence-corrected chi connectivity index (χ4v) is 2.68. The third-order valence-corrected chi connectivity index (χ3v) is 4.14. The predicted molar refractivity (Wildman–Crippen MR) is 87.7 cm³/mol. The van der Waals surface area contributed by atoms with Crippen molar-refractivity contribution in [3.05, 3.63) is 59.4 Å². The summed E-state index contributed by atoms with van der Waals surface area (Å²) in [5, 5.41) is 3.67. The Labute approximate surface area is 134 Å². The number of benzene rings is 1. The van der Waals surface area contributed by atoms with Crippen molar-refractivity contribution in [3.8, 4) is 0 Å². The monoisotopic (exact) mass is 320 g/mol. The van der Waals surface area contributed by atoms with Gasteiger partial charge < -0.3 is 5.32 Å². The zero-order chi connectivity index (χ0) is 14.9. The highest BCUT2D eigenvalue weighted by atomic mass is 35.5. The molecule has 0 saturated carbocycles. The third-order valence-electron chi connectivity index (χ3n) is 2.87. The third kappa shape index (κ3) is 6.19. The molecule has 0 aliphatic rings. The lowest BCUT2D eigenvalue weighted by Gasteiger charge is -2.05. The molecular weight excluding hydrogens is 304 g/mol. The van der Waals surface area contributed by atoms with E-state index in [0.717, 1.165) is 27.7 Å². The summed E-state index contributed by atoms with van der Waals surface area (Å²) in [6.45, 7) is 0.666. The van der Waals surface area contributed by atoms with Gasteiger partial charge in [-0.2, -0.15) is 0 Å². The van der Waals surface area contributed by atoms with E-state index in [4.69, 9.17) is 11.6 Å². The molecule has 21 heavy (non-hydrogen) atoms. The first-order valence-electron chi connectivity index (χ1n) is 6.78. The van der Waals surface area contributed by atoms with E-state index >= 15 is 0 Å². The number of thioether (sulfide) groups is 1. The Morgan fingerprint density at radius 1 is 1.24 bits per heavy atom. The molecule has 110 valence electrons. The van der Waals surface area contributed by atoms with Crippen molar-refractivity contribution in [2.45, 2.75) is 17.7 Å². The highest BCUT2D eigenvalue weighted by molar-refractivity contribution is 7.99. The molecule has 0 bridgehead atoms. The van der Waals surface area contributed by atoms with Gasteiger partial charge in [-0.25, -0.2) is 0 Å². The average Bonchev–Trinajstić information content (AvgIpc) is 2.52. The Kier molecular flexibility index (Phi) is 6.57. The number of nitrogens with zero attached hydrogens (tertiary/aromatic N) is 1. The number of carbonyl (C=O) groups is 1. The number of halogens is 1. The van der Waals surface area contributed by atoms with E-state index in [-0.39, 0.29) is 5.91 Å². The van der Waals surface area contributed by atoms with E-state index in [1.807, 2.05) is 36.4 Å². The van der Waals surface area contributed by atoms with Gasteiger partial charge in [0.05, 0.1) is 0 Å². The van der Waals surface area contributed by atoms with Gasteiger partial charge in [-0.1, -0.05) is 17.7 Å². The van der Waals surface area contributed by atoms with Crippen LogP contribution < -0.4 is 5.32 Å². The number of aromatic nitrogens is 1. The Bertz CT molecular complexity index is 560. The van der Waals surface area contributed by atoms with Gasteiger partial charge in [0.15, 0.2) is 0 Å². The van der Waals surface area contributed by atoms with Gasteiger partial charge in [-0.15, -0.1) is 11.8 Å². The van der Waals surface area contributed by atoms with Crippen LogP contribution in [0.3, 0.4) is 0 Å². The summed E-state index contributed by atoms with van der Waals surface area (Å²) < 4.78 is 0. The molecule has 1 aromatic carbocycles. The van der Waals surface area contributed by atoms with Crippen molar-refractivity contribution in [3.63, 3.8) is 0 Å². The quantitative estimate of drug-likeness (QED) is 0.626. The van der Waals surface area contributed by atoms with E-state index in [1.165, 1.54) is 0 Å². The number of aryl methyl sites for hydroxylation is 1. The highest BCUT2D eigenvalue weighted by Crippen LogP contribution is 2.19. The topological polar surface area (TPSA) is 42.0 Å². The molecule has 3 nitrogen and oxygen atoms in total. The summed E-state index contributed by atoms with van der Waals surface area (Å²) in [6.07, 6.45) is 4.75. The van der Waals surface area contributed by atoms with Gasteiger partial charge in [0, 0.05) is 41.0 Å². The molecule has 0 radical (unpaired) electrons. The van der Waals surface area contributed by atoms with E-state index in [0.29, 0.717) is 13.0 Å². The van der Waals surface area contributed by atoms with Gasteiger partial charge in [0.25, 0.3) is 0 Å². The van der Waals surface area contributed by atoms with Crippen LogP contribution in [0.2, 0.25) is 5.02 Å². The Morgan fingerprint density at radius 3 is 2.76 bits per heavy atom. The number of hydrogen-bond donors (Lipinski definition) is 1. The zero-order valence-corrected chi connectivity index (χ0v) is 13.2. The minimum atomic E-state index is 0.0792. The average molecular weight is 321 g/mol. The first-order valence-corrected chi connectivity index (χ1v) is 8.14. The second-order valence-corrected chi connectivity index (χ2v) is 6.12. The summed E-state index contributed by atoms with van der Waals surface area (Å²) >= 11 is 7.53. The van der Waals surface area contributed by atoms with Gasteiger partial charge in [-0.3, -0.25) is 9.78 Å². The normalized spacial score (nSPS) is 10.3. The van der Waals surface area contributed by atoms with Crippen LogP contribution in [0.25, 0.3) is 0 Å². The molecule has 0 aliphatic heterocycles. The number of pyridine rings is 1. The lowest BCUT2D eigenvalue weighted by molar-refractivity contribution is -0.120. The standard InChI is InChI=1S/C16H17ClN2OS/c17-14-4-6-15(7-5-14)21-11-10-19-16(20)8-3-13-2-1-9-18-12-13/h1-2,4-7,9,12H,3,8,10-11H2,(H,19,20). The van der Waals surface area contributed by atoms with E-state index in [2.05, 4.69) is 10.3 Å². The smallest absolute Gasteiger partial charge is 0.220 e. The van der Waals surface area contributed by atoms with Crippen LogP contribution >= 0.6 is 23.4 Å². The summed E-state index contributed by atoms with van der Waals surface area (Å²) in [5.74, 6) is 0.927. The lowest BCUT2D eigenvalue weighted by Crippen LogP contribution is -2.25. The lowest BCUT2D eigenvalue weighted by atomic mass is 10.1. The Hall–Kier alpha value is -1.52. The first-order chi connectivity index (χ1) is 10.2. The molecule has 1 N–H and O–H groups in total. The summed E-state index contributed by atoms with van der Waals surface area (Å²) in [4.78, 5) is 16.9. The number of nitrogens with one attached hydrogen (secondary N) is 1. The van der Waals surface area contributed by atoms with Crippen LogP contribution in [-0.2, 0) is 11.2 Å². The fourth-order valence-electron chi connectivity index (χ4n) is 1.78. The zero-order valence-electron chi connectivity index (χ0n) is 11.6. The van der Waals surface area contributed by atoms with Crippen LogP contribution in [0.15, 0.2) is 53.7 Å². The molecule has 1 amide bonds. The maximum Gasteiger partial charge on any atom is 0.220 e. The van der Waals surface area contributed by atoms with Gasteiger partial charge in [-0.05, 0) is 42.3 Å². The second-order valence-electron chi connectivity index (χ2n) is 4.51. The van der Waals surface area contributed by atoms with Crippen LogP contribution in [-0.4, -0.2) is 23.2 Å². The molecule has 2 rings (SSSR count). The van der Waals surface area contributed by atoms with Crippen molar-refractivity contribution in [2.24, 2.45) is 0 Å². The molecule has 5 heteroatoms. The SMILES string of the molecule is O=C(CCc1cccnc1)NCCSc1ccc(Cl)cc1. The Balaban J connectivity index is 1.60. The Morgan fingerprint density at radius 2 is 2.05 bits per heavy atom. The molecule has 2 aromatic rings. The van der Waals surface area contributed by atoms with Crippen molar-refractivity contribution < 1.29 is 4.79 Å². The van der Waals surface area contributed by atoms with Crippen LogP contribution in [0, 0.1) is 0 Å². The van der Waals surface area contributed by atoms with Crippen molar-refractivity contribution >= 4 is 29.3 Å². The van der Waals surface area contributed by atoms with E-state index in [9.17, 15) is 4.79 Å². The van der Waals surface area contributed by atoms with Gasteiger partial charge in [0.2, 0.25) is 5.91 Å². The minimum Gasteiger partial charge on any atom is -0.355 e. The predicted octanol–water partition coefficient (Wildman–Crippen LogP) is 3.58. The van der Waals surface area contributed by atoms with Crippen molar-refractivity contribution in [1.82, 2.24) is 10.3 Å². The summed E-state index contributed by atoms with van der Waals surface area (Å²) in [6, 6.07) is 11.6. The summed E-state index contributed by atoms with van der Waals surface area (Å²) in [5.41, 5.74) is 1.09. The molecule has 0 spiro atoms. The number of rotatable bonds is 7. The molecule has 1 heterocycles. The highest BCUT2D eigenvalue weighted by Gasteiger charge is 2.02. The maximum atomic E-state index is 11.7. The molecule has 0 unspecified atom stereocenters. The fraction of sp³-hybridized carbons (Fsp3) is 0.250. The van der Waals surface area contributed by atoms with Crippen LogP contribution in [0.4, 0.5) is 0 Å². The molecule has 0 saturated heterocycles. The van der Waals surface area contributed by atoms with Gasteiger partial charge in [0.1, 0.15) is 0 Å². The second kappa shape index (κ2) is 8.70. The molecular formula is C16H17ClN2OS. The van der Waals surface area contributed by atoms with Crippen molar-refractivity contribution in [1.29, 1.82) is 0 Å². The van der Waals surface area contributed by atoms with E-state index < -0.39 is 0 Å². The maximum absolute atomic E-state index is 11.7. The first kappa shape index (κ1) is 15.9. The largest absolute Gasteiger partial charge is 0.355 e. The number of carbonyl (C=O) groups excluding carboxylic acids is 1. The number of amides is 1. The number of hydrogen-bond acceptors (Lipinski definition) is 3. The minimum absolute atomic E-state index is 0.0792. The van der Waals surface area contributed by atoms with Crippen molar-refractivity contribution in [2.75, 3.05) is 12.3 Å². The van der Waals surface area contributed by atoms with Crippen LogP contribution in [0.5, 0.6) is 0 Å². The summed E-state index contributed by atoms with van der Waals surface area (Å²) in [7, 11) is 0. The molecule has 0 aliphatic carbocycles. The van der Waals surface area contributed by atoms with Crippen LogP contribution in [0.1, 0.15) is 12.0 Å². The van der Waals surface area contributed by atoms with Gasteiger partial charge >= 0.3 is 0 Å². The molecule has 0 atom stereocenters. The molecule has 1 aromatic heterocycles.